The number of aliphatic hydroxyl groups is 3. The number of Topliss-reactive ketones (excluding diaryl/α,β-unsaturated/α-hetero) is 1. The molecule has 0 amide bonds. The van der Waals surface area contributed by atoms with Crippen LogP contribution in [0.25, 0.3) is 0 Å². The summed E-state index contributed by atoms with van der Waals surface area (Å²) in [5.41, 5.74) is -0.786. The zero-order valence-corrected chi connectivity index (χ0v) is 15.5. The molecular formula is C20H25NO6. The molecule has 0 aliphatic rings. The van der Waals surface area contributed by atoms with Crippen molar-refractivity contribution in [3.63, 3.8) is 0 Å². The summed E-state index contributed by atoms with van der Waals surface area (Å²) in [6.45, 7) is 9.00. The molecule has 0 heterocycles. The first kappa shape index (κ1) is 22.4. The Hall–Kier alpha value is -2.61. The summed E-state index contributed by atoms with van der Waals surface area (Å²) in [6, 6.07) is 6.03. The van der Waals surface area contributed by atoms with Gasteiger partial charge in [0.25, 0.3) is 0 Å². The lowest BCUT2D eigenvalue weighted by Crippen LogP contribution is -2.42. The monoisotopic (exact) mass is 375 g/mol. The van der Waals surface area contributed by atoms with Gasteiger partial charge in [0.2, 0.25) is 0 Å². The Bertz CT molecular complexity index is 689. The van der Waals surface area contributed by atoms with E-state index in [-0.39, 0.29) is 18.7 Å². The minimum atomic E-state index is -1.53. The van der Waals surface area contributed by atoms with Gasteiger partial charge in [0.15, 0.2) is 17.3 Å². The molecular weight excluding hydrogens is 350 g/mol. The quantitative estimate of drug-likeness (QED) is 0.385. The van der Waals surface area contributed by atoms with E-state index >= 15 is 0 Å². The van der Waals surface area contributed by atoms with E-state index in [0.29, 0.717) is 5.69 Å². The van der Waals surface area contributed by atoms with E-state index in [4.69, 9.17) is 0 Å². The largest absolute Gasteiger partial charge is 0.383 e. The number of nitrogens with zero attached hydrogens (tertiary/aromatic N) is 1. The third-order valence-electron chi connectivity index (χ3n) is 3.90. The molecule has 0 aromatic heterocycles. The molecule has 0 bridgehead atoms. The molecule has 7 nitrogen and oxygen atoms in total. The van der Waals surface area contributed by atoms with Gasteiger partial charge in [0.1, 0.15) is 17.8 Å². The lowest BCUT2D eigenvalue weighted by molar-refractivity contribution is -0.122. The fourth-order valence-electron chi connectivity index (χ4n) is 2.33. The lowest BCUT2D eigenvalue weighted by Gasteiger charge is -2.28. The number of hydrogen-bond acceptors (Lipinski definition) is 7. The van der Waals surface area contributed by atoms with Gasteiger partial charge in [-0.05, 0) is 50.3 Å². The first-order chi connectivity index (χ1) is 12.5. The summed E-state index contributed by atoms with van der Waals surface area (Å²) in [4.78, 5) is 36.7. The van der Waals surface area contributed by atoms with Crippen LogP contribution >= 0.6 is 0 Å². The van der Waals surface area contributed by atoms with Gasteiger partial charge in [-0.15, -0.1) is 0 Å². The van der Waals surface area contributed by atoms with E-state index in [0.717, 1.165) is 12.2 Å². The number of anilines is 1. The molecule has 0 fully saturated rings. The zero-order valence-electron chi connectivity index (χ0n) is 15.5. The van der Waals surface area contributed by atoms with E-state index < -0.39 is 35.2 Å². The molecule has 146 valence electrons. The van der Waals surface area contributed by atoms with Crippen LogP contribution in [-0.4, -0.2) is 63.6 Å². The van der Waals surface area contributed by atoms with Crippen molar-refractivity contribution in [2.75, 3.05) is 18.0 Å². The van der Waals surface area contributed by atoms with E-state index in [9.17, 15) is 29.7 Å². The third-order valence-corrected chi connectivity index (χ3v) is 3.90. The molecule has 1 aromatic rings. The first-order valence-corrected chi connectivity index (χ1v) is 8.32. The highest BCUT2D eigenvalue weighted by Crippen LogP contribution is 2.20. The number of carbonyl (C=O) groups is 3. The Morgan fingerprint density at radius 3 is 1.74 bits per heavy atom. The second-order valence-corrected chi connectivity index (χ2v) is 6.58. The minimum Gasteiger partial charge on any atom is -0.383 e. The molecule has 2 atom stereocenters. The average Bonchev–Trinajstić information content (AvgIpc) is 2.64. The SMILES string of the molecule is C=CC(=O)C(O)CN(CC(O)C(=O)C=C)c1ccc(C(=O)C(C)(C)O)cc1. The Morgan fingerprint density at radius 2 is 1.41 bits per heavy atom. The third kappa shape index (κ3) is 6.25. The van der Waals surface area contributed by atoms with Crippen LogP contribution in [0.3, 0.4) is 0 Å². The van der Waals surface area contributed by atoms with Crippen LogP contribution in [0, 0.1) is 0 Å². The summed E-state index contributed by atoms with van der Waals surface area (Å²) in [6.07, 6.45) is -0.823. The number of hydrogen-bond donors (Lipinski definition) is 3. The van der Waals surface area contributed by atoms with Crippen LogP contribution in [0.2, 0.25) is 0 Å². The second-order valence-electron chi connectivity index (χ2n) is 6.58. The minimum absolute atomic E-state index is 0.189. The van der Waals surface area contributed by atoms with E-state index in [1.54, 1.807) is 0 Å². The van der Waals surface area contributed by atoms with Gasteiger partial charge in [0.05, 0.1) is 13.1 Å². The van der Waals surface area contributed by atoms with Crippen LogP contribution in [-0.2, 0) is 9.59 Å². The van der Waals surface area contributed by atoms with Crippen LogP contribution in [0.1, 0.15) is 24.2 Å². The van der Waals surface area contributed by atoms with Gasteiger partial charge in [-0.2, -0.15) is 0 Å². The van der Waals surface area contributed by atoms with Gasteiger partial charge < -0.3 is 20.2 Å². The van der Waals surface area contributed by atoms with Gasteiger partial charge in [0, 0.05) is 11.3 Å². The van der Waals surface area contributed by atoms with Crippen LogP contribution in [0.4, 0.5) is 5.69 Å². The predicted molar refractivity (Wildman–Crippen MR) is 102 cm³/mol. The standard InChI is InChI=1S/C20H25NO6/c1-5-15(22)17(24)11-21(12-18(25)16(23)6-2)14-9-7-13(8-10-14)19(26)20(3,4)27/h5-10,17-18,24-25,27H,1-2,11-12H2,3-4H3. The van der Waals surface area contributed by atoms with Crippen molar-refractivity contribution in [3.05, 3.63) is 55.1 Å². The summed E-state index contributed by atoms with van der Waals surface area (Å²) >= 11 is 0. The second kappa shape index (κ2) is 9.36. The van der Waals surface area contributed by atoms with Crippen molar-refractivity contribution in [2.45, 2.75) is 31.7 Å². The van der Waals surface area contributed by atoms with Crippen molar-refractivity contribution in [1.82, 2.24) is 0 Å². The Kier molecular flexibility index (Phi) is 7.78. The van der Waals surface area contributed by atoms with Crippen LogP contribution in [0.5, 0.6) is 0 Å². The molecule has 0 radical (unpaired) electrons. The van der Waals surface area contributed by atoms with Crippen molar-refractivity contribution in [1.29, 1.82) is 0 Å². The van der Waals surface area contributed by atoms with Gasteiger partial charge in [-0.1, -0.05) is 13.2 Å². The van der Waals surface area contributed by atoms with E-state index in [1.807, 2.05) is 0 Å². The predicted octanol–water partition coefficient (Wildman–Crippen LogP) is 0.679. The topological polar surface area (TPSA) is 115 Å². The van der Waals surface area contributed by atoms with E-state index in [2.05, 4.69) is 13.2 Å². The number of carbonyl (C=O) groups excluding carboxylic acids is 3. The average molecular weight is 375 g/mol. The normalized spacial score (nSPS) is 13.4. The van der Waals surface area contributed by atoms with Crippen molar-refractivity contribution < 1.29 is 29.7 Å². The number of aliphatic hydroxyl groups excluding tert-OH is 2. The summed E-state index contributed by atoms with van der Waals surface area (Å²) < 4.78 is 0. The molecule has 3 N–H and O–H groups in total. The maximum Gasteiger partial charge on any atom is 0.193 e. The Balaban J connectivity index is 3.12. The lowest BCUT2D eigenvalue weighted by atomic mass is 9.96. The first-order valence-electron chi connectivity index (χ1n) is 8.32. The molecule has 7 heteroatoms. The highest BCUT2D eigenvalue weighted by Gasteiger charge is 2.26. The Morgan fingerprint density at radius 1 is 1.00 bits per heavy atom. The Labute approximate surface area is 158 Å². The molecule has 0 aliphatic heterocycles. The summed E-state index contributed by atoms with van der Waals surface area (Å²) in [5, 5.41) is 29.8. The number of rotatable bonds is 11. The molecule has 27 heavy (non-hydrogen) atoms. The smallest absolute Gasteiger partial charge is 0.193 e. The van der Waals surface area contributed by atoms with Crippen molar-refractivity contribution in [2.24, 2.45) is 0 Å². The molecule has 2 unspecified atom stereocenters. The fraction of sp³-hybridized carbons (Fsp3) is 0.350. The molecule has 1 aromatic carbocycles. The summed E-state index contributed by atoms with van der Waals surface area (Å²) in [5.74, 6) is -1.67. The molecule has 0 saturated heterocycles. The number of ketones is 3. The molecule has 1 rings (SSSR count). The van der Waals surface area contributed by atoms with Gasteiger partial charge in [-0.25, -0.2) is 0 Å². The zero-order chi connectivity index (χ0) is 20.8. The maximum absolute atomic E-state index is 12.1. The van der Waals surface area contributed by atoms with Crippen molar-refractivity contribution in [3.8, 4) is 0 Å². The molecule has 0 aliphatic carbocycles. The maximum atomic E-state index is 12.1. The van der Waals surface area contributed by atoms with Gasteiger partial charge in [-0.3, -0.25) is 14.4 Å². The number of benzene rings is 1. The van der Waals surface area contributed by atoms with Gasteiger partial charge >= 0.3 is 0 Å². The van der Waals surface area contributed by atoms with Crippen LogP contribution in [0.15, 0.2) is 49.6 Å². The highest BCUT2D eigenvalue weighted by atomic mass is 16.3. The highest BCUT2D eigenvalue weighted by molar-refractivity contribution is 6.02. The molecule has 0 spiro atoms. The van der Waals surface area contributed by atoms with Crippen LogP contribution < -0.4 is 4.90 Å². The molecule has 0 saturated carbocycles. The summed E-state index contributed by atoms with van der Waals surface area (Å²) in [7, 11) is 0. The van der Waals surface area contributed by atoms with E-state index in [1.165, 1.54) is 43.0 Å². The fourth-order valence-corrected chi connectivity index (χ4v) is 2.33. The van der Waals surface area contributed by atoms with Crippen molar-refractivity contribution >= 4 is 23.0 Å².